The summed E-state index contributed by atoms with van der Waals surface area (Å²) in [6, 6.07) is 4.98. The van der Waals surface area contributed by atoms with Gasteiger partial charge in [0, 0.05) is 32.6 Å². The Balaban J connectivity index is 1.86. The van der Waals surface area contributed by atoms with E-state index in [1.165, 1.54) is 4.31 Å². The molecular weight excluding hydrogens is 324 g/mol. The van der Waals surface area contributed by atoms with Crippen molar-refractivity contribution < 1.29 is 13.2 Å². The molecule has 7 nitrogen and oxygen atoms in total. The average Bonchev–Trinajstić information content (AvgIpc) is 3.02. The third-order valence-electron chi connectivity index (χ3n) is 3.76. The van der Waals surface area contributed by atoms with E-state index in [1.807, 2.05) is 0 Å². The van der Waals surface area contributed by atoms with E-state index in [9.17, 15) is 13.2 Å². The normalized spacial score (nSPS) is 17.0. The fourth-order valence-corrected chi connectivity index (χ4v) is 4.70. The highest BCUT2D eigenvalue weighted by atomic mass is 32.2. The Morgan fingerprint density at radius 2 is 1.95 bits per heavy atom. The van der Waals surface area contributed by atoms with Crippen LogP contribution in [0.15, 0.2) is 23.1 Å². The van der Waals surface area contributed by atoms with E-state index in [0.29, 0.717) is 43.6 Å². The van der Waals surface area contributed by atoms with Crippen LogP contribution in [0, 0.1) is 0 Å². The van der Waals surface area contributed by atoms with Gasteiger partial charge < -0.3 is 4.90 Å². The van der Waals surface area contributed by atoms with Crippen LogP contribution in [0.3, 0.4) is 0 Å². The van der Waals surface area contributed by atoms with Crippen LogP contribution in [0.25, 0.3) is 11.0 Å². The molecule has 1 aliphatic heterocycles. The van der Waals surface area contributed by atoms with E-state index >= 15 is 0 Å². The summed E-state index contributed by atoms with van der Waals surface area (Å²) in [6.45, 7) is 3.28. The van der Waals surface area contributed by atoms with Crippen LogP contribution in [-0.2, 0) is 14.8 Å². The largest absolute Gasteiger partial charge is 0.340 e. The lowest BCUT2D eigenvalue weighted by Gasteiger charge is -2.33. The van der Waals surface area contributed by atoms with E-state index in [-0.39, 0.29) is 10.8 Å². The minimum Gasteiger partial charge on any atom is -0.340 e. The maximum Gasteiger partial charge on any atom is 0.245 e. The fraction of sp³-hybridized carbons (Fsp3) is 0.462. The molecule has 1 aromatic heterocycles. The number of rotatable bonds is 3. The van der Waals surface area contributed by atoms with Crippen molar-refractivity contribution in [2.24, 2.45) is 0 Å². The van der Waals surface area contributed by atoms with Crippen molar-refractivity contribution in [3.63, 3.8) is 0 Å². The Kier molecular flexibility index (Phi) is 4.11. The highest BCUT2D eigenvalue weighted by Crippen LogP contribution is 2.25. The second kappa shape index (κ2) is 5.90. The van der Waals surface area contributed by atoms with Crippen molar-refractivity contribution in [1.82, 2.24) is 18.0 Å². The minimum absolute atomic E-state index is 0.0582. The smallest absolute Gasteiger partial charge is 0.245 e. The molecule has 0 aliphatic carbocycles. The Morgan fingerprint density at radius 1 is 1.23 bits per heavy atom. The number of nitrogens with zero attached hydrogens (tertiary/aromatic N) is 4. The summed E-state index contributed by atoms with van der Waals surface area (Å²) in [6.07, 6.45) is 0.441. The number of fused-ring (bicyclic) bond motifs is 1. The first-order chi connectivity index (χ1) is 10.5. The molecule has 0 saturated carbocycles. The second-order valence-corrected chi connectivity index (χ2v) is 7.46. The third-order valence-corrected chi connectivity index (χ3v) is 6.23. The van der Waals surface area contributed by atoms with Crippen molar-refractivity contribution in [1.29, 1.82) is 0 Å². The molecule has 1 amide bonds. The number of sulfonamides is 1. The molecular formula is C13H16N4O3S2. The van der Waals surface area contributed by atoms with Gasteiger partial charge in [0.15, 0.2) is 0 Å². The lowest BCUT2D eigenvalue weighted by atomic mass is 10.3. The number of piperazine rings is 1. The molecule has 1 fully saturated rings. The van der Waals surface area contributed by atoms with Crippen molar-refractivity contribution in [3.05, 3.63) is 18.2 Å². The third kappa shape index (κ3) is 2.59. The molecule has 1 aliphatic rings. The maximum absolute atomic E-state index is 12.8. The molecule has 0 unspecified atom stereocenters. The first kappa shape index (κ1) is 15.3. The average molecular weight is 340 g/mol. The molecule has 1 saturated heterocycles. The van der Waals surface area contributed by atoms with Gasteiger partial charge in [-0.05, 0) is 12.1 Å². The number of benzene rings is 1. The summed E-state index contributed by atoms with van der Waals surface area (Å²) < 4.78 is 35.2. The van der Waals surface area contributed by atoms with Gasteiger partial charge in [0.25, 0.3) is 0 Å². The van der Waals surface area contributed by atoms with Gasteiger partial charge in [-0.15, -0.1) is 0 Å². The van der Waals surface area contributed by atoms with Crippen LogP contribution in [0.1, 0.15) is 13.3 Å². The van der Waals surface area contributed by atoms with E-state index in [1.54, 1.807) is 30.0 Å². The lowest BCUT2D eigenvalue weighted by Crippen LogP contribution is -2.50. The van der Waals surface area contributed by atoms with Crippen LogP contribution in [0.2, 0.25) is 0 Å². The van der Waals surface area contributed by atoms with Crippen LogP contribution in [-0.4, -0.2) is 58.5 Å². The maximum atomic E-state index is 12.8. The highest BCUT2D eigenvalue weighted by molar-refractivity contribution is 7.89. The van der Waals surface area contributed by atoms with Gasteiger partial charge >= 0.3 is 0 Å². The van der Waals surface area contributed by atoms with Gasteiger partial charge in [-0.3, -0.25) is 4.79 Å². The Labute approximate surface area is 132 Å². The molecule has 2 heterocycles. The zero-order valence-corrected chi connectivity index (χ0v) is 13.7. The summed E-state index contributed by atoms with van der Waals surface area (Å²) >= 11 is 1.00. The van der Waals surface area contributed by atoms with Crippen LogP contribution >= 0.6 is 11.7 Å². The zero-order chi connectivity index (χ0) is 15.7. The Morgan fingerprint density at radius 3 is 2.64 bits per heavy atom. The van der Waals surface area contributed by atoms with Gasteiger partial charge in [-0.25, -0.2) is 8.42 Å². The Hall–Kier alpha value is -1.58. The molecule has 118 valence electrons. The Bertz CT molecular complexity index is 794. The topological polar surface area (TPSA) is 83.5 Å². The van der Waals surface area contributed by atoms with Crippen LogP contribution in [0.4, 0.5) is 0 Å². The molecule has 3 rings (SSSR count). The zero-order valence-electron chi connectivity index (χ0n) is 12.1. The lowest BCUT2D eigenvalue weighted by molar-refractivity contribution is -0.132. The monoisotopic (exact) mass is 340 g/mol. The molecule has 0 atom stereocenters. The summed E-state index contributed by atoms with van der Waals surface area (Å²) in [5.74, 6) is 0.0582. The summed E-state index contributed by atoms with van der Waals surface area (Å²) in [5.41, 5.74) is 1.01. The van der Waals surface area contributed by atoms with Gasteiger partial charge in [-0.2, -0.15) is 13.1 Å². The quantitative estimate of drug-likeness (QED) is 0.830. The molecule has 22 heavy (non-hydrogen) atoms. The van der Waals surface area contributed by atoms with Crippen molar-refractivity contribution >= 4 is 38.7 Å². The predicted octanol–water partition coefficient (Wildman–Crippen LogP) is 0.934. The number of amides is 1. The predicted molar refractivity (Wildman–Crippen MR) is 83.0 cm³/mol. The van der Waals surface area contributed by atoms with Crippen molar-refractivity contribution in [2.75, 3.05) is 26.2 Å². The molecule has 1 aromatic carbocycles. The van der Waals surface area contributed by atoms with E-state index in [4.69, 9.17) is 0 Å². The van der Waals surface area contributed by atoms with Crippen LogP contribution in [0.5, 0.6) is 0 Å². The number of hydrogen-bond donors (Lipinski definition) is 0. The van der Waals surface area contributed by atoms with Gasteiger partial charge in [-0.1, -0.05) is 13.0 Å². The first-order valence-electron chi connectivity index (χ1n) is 7.03. The number of hydrogen-bond acceptors (Lipinski definition) is 6. The number of carbonyl (C=O) groups is 1. The van der Waals surface area contributed by atoms with Gasteiger partial charge in [0.05, 0.1) is 11.7 Å². The van der Waals surface area contributed by atoms with Gasteiger partial charge in [0.2, 0.25) is 15.9 Å². The SMILES string of the molecule is CCC(=O)N1CCN(S(=O)(=O)c2cccc3nsnc23)CC1. The molecule has 2 aromatic rings. The number of aromatic nitrogens is 2. The molecule has 0 N–H and O–H groups in total. The second-order valence-electron chi connectivity index (χ2n) is 5.03. The van der Waals surface area contributed by atoms with Crippen molar-refractivity contribution in [2.45, 2.75) is 18.2 Å². The molecule has 0 radical (unpaired) electrons. The van der Waals surface area contributed by atoms with E-state index < -0.39 is 10.0 Å². The minimum atomic E-state index is -3.61. The standard InChI is InChI=1S/C13H16N4O3S2/c1-2-12(18)16-6-8-17(9-7-16)22(19,20)11-5-3-4-10-13(11)15-21-14-10/h3-5H,2,6-9H2,1H3. The first-order valence-corrected chi connectivity index (χ1v) is 9.20. The highest BCUT2D eigenvalue weighted by Gasteiger charge is 2.31. The summed E-state index contributed by atoms with van der Waals surface area (Å²) in [7, 11) is -3.61. The number of carbonyl (C=O) groups excluding carboxylic acids is 1. The summed E-state index contributed by atoms with van der Waals surface area (Å²) in [4.78, 5) is 13.6. The van der Waals surface area contributed by atoms with Gasteiger partial charge in [0.1, 0.15) is 15.9 Å². The van der Waals surface area contributed by atoms with E-state index in [0.717, 1.165) is 11.7 Å². The van der Waals surface area contributed by atoms with Crippen molar-refractivity contribution in [3.8, 4) is 0 Å². The summed E-state index contributed by atoms with van der Waals surface area (Å²) in [5, 5.41) is 0. The molecule has 0 spiro atoms. The van der Waals surface area contributed by atoms with E-state index in [2.05, 4.69) is 8.75 Å². The fourth-order valence-electron chi connectivity index (χ4n) is 2.53. The molecule has 0 bridgehead atoms. The molecule has 9 heteroatoms. The van der Waals surface area contributed by atoms with Crippen LogP contribution < -0.4 is 0 Å².